The van der Waals surface area contributed by atoms with Crippen LogP contribution in [0.15, 0.2) is 24.3 Å². The molecule has 5 nitrogen and oxygen atoms in total. The van der Waals surface area contributed by atoms with Crippen LogP contribution in [0.25, 0.3) is 0 Å². The Morgan fingerprint density at radius 2 is 1.51 bits per heavy atom. The third-order valence-electron chi connectivity index (χ3n) is 7.03. The molecule has 1 aliphatic rings. The van der Waals surface area contributed by atoms with Gasteiger partial charge < -0.3 is 14.4 Å². The summed E-state index contributed by atoms with van der Waals surface area (Å²) in [6.45, 7) is 8.56. The molecule has 0 aliphatic carbocycles. The molecule has 35 heavy (non-hydrogen) atoms. The lowest BCUT2D eigenvalue weighted by Crippen LogP contribution is -2.36. The van der Waals surface area contributed by atoms with Crippen molar-refractivity contribution in [1.82, 2.24) is 9.80 Å². The SMILES string of the molecule is CCCCCCCCCCCCOc1ccccc1CN(C)C(=O)CCCCCN1CCOCC1. The summed E-state index contributed by atoms with van der Waals surface area (Å²) in [6.07, 6.45) is 17.1. The molecule has 0 spiro atoms. The van der Waals surface area contributed by atoms with E-state index in [-0.39, 0.29) is 5.91 Å². The van der Waals surface area contributed by atoms with Crippen LogP contribution in [0.2, 0.25) is 0 Å². The van der Waals surface area contributed by atoms with E-state index < -0.39 is 0 Å². The van der Waals surface area contributed by atoms with Crippen LogP contribution in [0.1, 0.15) is 102 Å². The van der Waals surface area contributed by atoms with Crippen LogP contribution in [-0.4, -0.2) is 62.2 Å². The number of morpholine rings is 1. The number of para-hydroxylation sites is 1. The van der Waals surface area contributed by atoms with E-state index in [1.807, 2.05) is 30.1 Å². The van der Waals surface area contributed by atoms with E-state index in [0.717, 1.165) is 76.5 Å². The molecule has 0 radical (unpaired) electrons. The molecular formula is C30H52N2O3. The van der Waals surface area contributed by atoms with Crippen molar-refractivity contribution < 1.29 is 14.3 Å². The largest absolute Gasteiger partial charge is 0.493 e. The fraction of sp³-hybridized carbons (Fsp3) is 0.767. The van der Waals surface area contributed by atoms with Gasteiger partial charge in [0, 0.05) is 38.7 Å². The van der Waals surface area contributed by atoms with Gasteiger partial charge in [-0.05, 0) is 31.9 Å². The molecule has 1 aromatic rings. The molecule has 1 saturated heterocycles. The van der Waals surface area contributed by atoms with Gasteiger partial charge in [-0.3, -0.25) is 9.69 Å². The van der Waals surface area contributed by atoms with Crippen molar-refractivity contribution >= 4 is 5.91 Å². The Hall–Kier alpha value is -1.59. The number of rotatable bonds is 20. The summed E-state index contributed by atoms with van der Waals surface area (Å²) in [4.78, 5) is 17.0. The summed E-state index contributed by atoms with van der Waals surface area (Å²) in [5, 5.41) is 0. The zero-order valence-electron chi connectivity index (χ0n) is 22.8. The van der Waals surface area contributed by atoms with Gasteiger partial charge in [-0.25, -0.2) is 0 Å². The summed E-state index contributed by atoms with van der Waals surface area (Å²) in [5.41, 5.74) is 1.10. The Balaban J connectivity index is 1.55. The first-order chi connectivity index (χ1) is 17.2. The van der Waals surface area contributed by atoms with Crippen LogP contribution in [0, 0.1) is 0 Å². The smallest absolute Gasteiger partial charge is 0.222 e. The van der Waals surface area contributed by atoms with E-state index in [4.69, 9.17) is 9.47 Å². The van der Waals surface area contributed by atoms with Gasteiger partial charge in [-0.2, -0.15) is 0 Å². The first-order valence-corrected chi connectivity index (χ1v) is 14.5. The Kier molecular flexibility index (Phi) is 16.6. The van der Waals surface area contributed by atoms with Crippen LogP contribution in [0.4, 0.5) is 0 Å². The van der Waals surface area contributed by atoms with E-state index in [2.05, 4.69) is 17.9 Å². The zero-order chi connectivity index (χ0) is 25.0. The third kappa shape index (κ3) is 13.9. The van der Waals surface area contributed by atoms with Gasteiger partial charge >= 0.3 is 0 Å². The van der Waals surface area contributed by atoms with Crippen molar-refractivity contribution in [2.75, 3.05) is 46.5 Å². The maximum atomic E-state index is 12.6. The minimum Gasteiger partial charge on any atom is -0.493 e. The Bertz CT molecular complexity index is 661. The molecule has 0 unspecified atom stereocenters. The molecule has 0 bridgehead atoms. The number of benzene rings is 1. The van der Waals surface area contributed by atoms with Crippen LogP contribution in [-0.2, 0) is 16.1 Å². The Morgan fingerprint density at radius 1 is 0.886 bits per heavy atom. The van der Waals surface area contributed by atoms with Crippen molar-refractivity contribution in [3.05, 3.63) is 29.8 Å². The fourth-order valence-electron chi connectivity index (χ4n) is 4.69. The van der Waals surface area contributed by atoms with E-state index in [9.17, 15) is 4.79 Å². The number of hydrogen-bond donors (Lipinski definition) is 0. The van der Waals surface area contributed by atoms with E-state index >= 15 is 0 Å². The van der Waals surface area contributed by atoms with Crippen molar-refractivity contribution in [2.45, 2.75) is 103 Å². The first-order valence-electron chi connectivity index (χ1n) is 14.5. The highest BCUT2D eigenvalue weighted by Crippen LogP contribution is 2.21. The molecule has 1 amide bonds. The van der Waals surface area contributed by atoms with Crippen LogP contribution in [0.3, 0.4) is 0 Å². The number of ether oxygens (including phenoxy) is 2. The predicted molar refractivity (Wildman–Crippen MR) is 146 cm³/mol. The second kappa shape index (κ2) is 19.6. The van der Waals surface area contributed by atoms with E-state index in [1.54, 1.807) is 0 Å². The van der Waals surface area contributed by atoms with Crippen molar-refractivity contribution in [3.8, 4) is 5.75 Å². The fourth-order valence-corrected chi connectivity index (χ4v) is 4.69. The van der Waals surface area contributed by atoms with Gasteiger partial charge in [0.25, 0.3) is 0 Å². The molecule has 0 saturated carbocycles. The molecule has 0 atom stereocenters. The van der Waals surface area contributed by atoms with Gasteiger partial charge in [-0.15, -0.1) is 0 Å². The highest BCUT2D eigenvalue weighted by Gasteiger charge is 2.13. The van der Waals surface area contributed by atoms with Crippen LogP contribution >= 0.6 is 0 Å². The van der Waals surface area contributed by atoms with Gasteiger partial charge in [0.1, 0.15) is 5.75 Å². The minimum absolute atomic E-state index is 0.223. The molecule has 2 rings (SSSR count). The maximum absolute atomic E-state index is 12.6. The molecule has 0 aromatic heterocycles. The summed E-state index contributed by atoms with van der Waals surface area (Å²) in [6, 6.07) is 8.18. The van der Waals surface area contributed by atoms with Crippen molar-refractivity contribution in [3.63, 3.8) is 0 Å². The maximum Gasteiger partial charge on any atom is 0.222 e. The van der Waals surface area contributed by atoms with E-state index in [0.29, 0.717) is 13.0 Å². The molecular weight excluding hydrogens is 436 g/mol. The number of hydrogen-bond acceptors (Lipinski definition) is 4. The van der Waals surface area contributed by atoms with Gasteiger partial charge in [-0.1, -0.05) is 89.3 Å². The van der Waals surface area contributed by atoms with Crippen LogP contribution < -0.4 is 4.74 Å². The second-order valence-corrected chi connectivity index (χ2v) is 10.2. The molecule has 0 N–H and O–H groups in total. The Labute approximate surface area is 215 Å². The summed E-state index contributed by atoms with van der Waals surface area (Å²) >= 11 is 0. The molecule has 1 fully saturated rings. The number of nitrogens with zero attached hydrogens (tertiary/aromatic N) is 2. The third-order valence-corrected chi connectivity index (χ3v) is 7.03. The van der Waals surface area contributed by atoms with E-state index in [1.165, 1.54) is 57.8 Å². The summed E-state index contributed by atoms with van der Waals surface area (Å²) in [5.74, 6) is 1.15. The zero-order valence-corrected chi connectivity index (χ0v) is 22.8. The van der Waals surface area contributed by atoms with Crippen molar-refractivity contribution in [2.24, 2.45) is 0 Å². The van der Waals surface area contributed by atoms with Gasteiger partial charge in [0.05, 0.1) is 19.8 Å². The van der Waals surface area contributed by atoms with Crippen molar-refractivity contribution in [1.29, 1.82) is 0 Å². The molecule has 1 aromatic carbocycles. The standard InChI is InChI=1S/C30H52N2O3/c1-3-4-5-6-7-8-9-10-11-17-24-35-29-19-15-14-18-28(29)27-31(2)30(33)20-13-12-16-21-32-22-25-34-26-23-32/h14-15,18-19H,3-13,16-17,20-27H2,1-2H3. The topological polar surface area (TPSA) is 42.0 Å². The lowest BCUT2D eigenvalue weighted by Gasteiger charge is -2.26. The highest BCUT2D eigenvalue weighted by atomic mass is 16.5. The number of carbonyl (C=O) groups is 1. The molecule has 1 heterocycles. The molecule has 1 aliphatic heterocycles. The second-order valence-electron chi connectivity index (χ2n) is 10.2. The average Bonchev–Trinajstić information content (AvgIpc) is 2.88. The normalized spacial score (nSPS) is 14.2. The summed E-state index contributed by atoms with van der Waals surface area (Å²) in [7, 11) is 1.91. The molecule has 200 valence electrons. The lowest BCUT2D eigenvalue weighted by atomic mass is 10.1. The summed E-state index contributed by atoms with van der Waals surface area (Å²) < 4.78 is 11.5. The van der Waals surface area contributed by atoms with Gasteiger partial charge in [0.15, 0.2) is 0 Å². The first kappa shape index (κ1) is 29.6. The monoisotopic (exact) mass is 488 g/mol. The number of unbranched alkanes of at least 4 members (excludes halogenated alkanes) is 11. The van der Waals surface area contributed by atoms with Gasteiger partial charge in [0.2, 0.25) is 5.91 Å². The minimum atomic E-state index is 0.223. The number of carbonyl (C=O) groups excluding carboxylic acids is 1. The lowest BCUT2D eigenvalue weighted by molar-refractivity contribution is -0.130. The molecule has 5 heteroatoms. The Morgan fingerprint density at radius 3 is 2.23 bits per heavy atom. The number of amides is 1. The highest BCUT2D eigenvalue weighted by molar-refractivity contribution is 5.75. The average molecular weight is 489 g/mol. The quantitative estimate of drug-likeness (QED) is 0.189. The van der Waals surface area contributed by atoms with Crippen LogP contribution in [0.5, 0.6) is 5.75 Å². The predicted octanol–water partition coefficient (Wildman–Crippen LogP) is 6.84.